The monoisotopic (exact) mass is 407 g/mol. The second kappa shape index (κ2) is 8.39. The molecule has 0 amide bonds. The Labute approximate surface area is 172 Å². The third-order valence-electron chi connectivity index (χ3n) is 5.35. The van der Waals surface area contributed by atoms with Gasteiger partial charge in [-0.1, -0.05) is 66.2 Å². The first-order chi connectivity index (χ1) is 14.0. The van der Waals surface area contributed by atoms with E-state index in [1.165, 1.54) is 0 Å². The molecule has 0 bridgehead atoms. The molecule has 0 saturated heterocycles. The van der Waals surface area contributed by atoms with Crippen LogP contribution in [0.15, 0.2) is 83.8 Å². The molecular formula is C24H25NO3S. The summed E-state index contributed by atoms with van der Waals surface area (Å²) in [5, 5.41) is 0. The molecule has 5 heteroatoms. The predicted molar refractivity (Wildman–Crippen MR) is 115 cm³/mol. The number of rotatable bonds is 4. The van der Waals surface area contributed by atoms with Gasteiger partial charge in [-0.2, -0.15) is 4.31 Å². The summed E-state index contributed by atoms with van der Waals surface area (Å²) in [4.78, 5) is 0.329. The molecule has 0 aliphatic carbocycles. The molecule has 0 radical (unpaired) electrons. The summed E-state index contributed by atoms with van der Waals surface area (Å²) in [6, 6.07) is 24.7. The molecule has 4 nitrogen and oxygen atoms in total. The Balaban J connectivity index is 1.71. The highest BCUT2D eigenvalue weighted by atomic mass is 32.2. The SMILES string of the molecule is Cc1ccc(S(=O)(=O)N2CCc3ccccc3OC[C@@H]2Cc2ccccc2)cc1. The van der Waals surface area contributed by atoms with Gasteiger partial charge >= 0.3 is 0 Å². The van der Waals surface area contributed by atoms with Gasteiger partial charge in [0.2, 0.25) is 10.0 Å². The fourth-order valence-electron chi connectivity index (χ4n) is 3.74. The molecule has 0 saturated carbocycles. The van der Waals surface area contributed by atoms with Gasteiger partial charge in [0.15, 0.2) is 0 Å². The van der Waals surface area contributed by atoms with Crippen LogP contribution in [0.5, 0.6) is 5.75 Å². The Morgan fingerprint density at radius 1 is 0.931 bits per heavy atom. The van der Waals surface area contributed by atoms with Crippen molar-refractivity contribution in [2.75, 3.05) is 13.2 Å². The largest absolute Gasteiger partial charge is 0.492 e. The van der Waals surface area contributed by atoms with Crippen LogP contribution in [0.3, 0.4) is 0 Å². The number of fused-ring (bicyclic) bond motifs is 1. The lowest BCUT2D eigenvalue weighted by molar-refractivity contribution is 0.192. The molecule has 0 fully saturated rings. The number of para-hydroxylation sites is 1. The van der Waals surface area contributed by atoms with E-state index >= 15 is 0 Å². The van der Waals surface area contributed by atoms with Crippen molar-refractivity contribution in [2.45, 2.75) is 30.7 Å². The third-order valence-corrected chi connectivity index (χ3v) is 7.32. The molecule has 0 aromatic heterocycles. The van der Waals surface area contributed by atoms with Gasteiger partial charge in [0.05, 0.1) is 10.9 Å². The molecule has 1 atom stereocenters. The summed E-state index contributed by atoms with van der Waals surface area (Å²) in [6.07, 6.45) is 1.22. The Morgan fingerprint density at radius 2 is 1.62 bits per heavy atom. The van der Waals surface area contributed by atoms with Gasteiger partial charge in [0, 0.05) is 6.54 Å². The fourth-order valence-corrected chi connectivity index (χ4v) is 5.35. The first-order valence-corrected chi connectivity index (χ1v) is 11.3. The molecule has 1 aliphatic heterocycles. The van der Waals surface area contributed by atoms with E-state index in [0.29, 0.717) is 30.9 Å². The van der Waals surface area contributed by atoms with Crippen LogP contribution in [-0.2, 0) is 22.9 Å². The highest BCUT2D eigenvalue weighted by Gasteiger charge is 2.33. The average Bonchev–Trinajstić information content (AvgIpc) is 2.72. The fraction of sp³-hybridized carbons (Fsp3) is 0.250. The molecule has 29 heavy (non-hydrogen) atoms. The van der Waals surface area contributed by atoms with E-state index in [0.717, 1.165) is 22.4 Å². The highest BCUT2D eigenvalue weighted by molar-refractivity contribution is 7.89. The highest BCUT2D eigenvalue weighted by Crippen LogP contribution is 2.27. The maximum absolute atomic E-state index is 13.5. The number of hydrogen-bond donors (Lipinski definition) is 0. The van der Waals surface area contributed by atoms with E-state index in [1.807, 2.05) is 73.7 Å². The zero-order chi connectivity index (χ0) is 20.3. The van der Waals surface area contributed by atoms with Gasteiger partial charge in [0.1, 0.15) is 12.4 Å². The van der Waals surface area contributed by atoms with Crippen molar-refractivity contribution in [3.63, 3.8) is 0 Å². The molecule has 3 aromatic carbocycles. The average molecular weight is 408 g/mol. The van der Waals surface area contributed by atoms with E-state index in [-0.39, 0.29) is 6.04 Å². The minimum atomic E-state index is -3.64. The van der Waals surface area contributed by atoms with Gasteiger partial charge in [0.25, 0.3) is 0 Å². The van der Waals surface area contributed by atoms with Crippen molar-refractivity contribution in [1.82, 2.24) is 4.31 Å². The van der Waals surface area contributed by atoms with Gasteiger partial charge in [-0.3, -0.25) is 0 Å². The van der Waals surface area contributed by atoms with E-state index < -0.39 is 10.0 Å². The summed E-state index contributed by atoms with van der Waals surface area (Å²) in [7, 11) is -3.64. The maximum Gasteiger partial charge on any atom is 0.243 e. The van der Waals surface area contributed by atoms with E-state index in [4.69, 9.17) is 4.74 Å². The molecular weight excluding hydrogens is 382 g/mol. The standard InChI is InChI=1S/C24H25NO3S/c1-19-11-13-23(14-12-19)29(26,27)25-16-15-21-9-5-6-10-24(21)28-18-22(25)17-20-7-3-2-4-8-20/h2-14,22H,15-18H2,1H3/t22-/m0/s1. The molecule has 150 valence electrons. The second-order valence-electron chi connectivity index (χ2n) is 7.44. The molecule has 0 unspecified atom stereocenters. The minimum absolute atomic E-state index is 0.281. The number of nitrogens with zero attached hydrogens (tertiary/aromatic N) is 1. The Morgan fingerprint density at radius 3 is 2.38 bits per heavy atom. The summed E-state index contributed by atoms with van der Waals surface area (Å²) in [5.41, 5.74) is 3.17. The van der Waals surface area contributed by atoms with Crippen LogP contribution in [0.4, 0.5) is 0 Å². The summed E-state index contributed by atoms with van der Waals surface area (Å²) < 4.78 is 34.8. The summed E-state index contributed by atoms with van der Waals surface area (Å²) in [6.45, 7) is 2.69. The minimum Gasteiger partial charge on any atom is -0.492 e. The van der Waals surface area contributed by atoms with Crippen LogP contribution in [0.25, 0.3) is 0 Å². The predicted octanol–water partition coefficient (Wildman–Crippen LogP) is 4.23. The van der Waals surface area contributed by atoms with E-state index in [2.05, 4.69) is 0 Å². The third kappa shape index (κ3) is 4.36. The maximum atomic E-state index is 13.5. The van der Waals surface area contributed by atoms with Crippen LogP contribution in [0.2, 0.25) is 0 Å². The van der Waals surface area contributed by atoms with Crippen molar-refractivity contribution >= 4 is 10.0 Å². The quantitative estimate of drug-likeness (QED) is 0.650. The lowest BCUT2D eigenvalue weighted by Gasteiger charge is -2.33. The van der Waals surface area contributed by atoms with Crippen LogP contribution in [0.1, 0.15) is 16.7 Å². The topological polar surface area (TPSA) is 46.6 Å². The molecule has 4 rings (SSSR count). The van der Waals surface area contributed by atoms with Crippen LogP contribution >= 0.6 is 0 Å². The molecule has 0 spiro atoms. The zero-order valence-corrected chi connectivity index (χ0v) is 17.3. The normalized spacial score (nSPS) is 17.6. The lowest BCUT2D eigenvalue weighted by Crippen LogP contribution is -2.46. The lowest BCUT2D eigenvalue weighted by atomic mass is 10.0. The van der Waals surface area contributed by atoms with Crippen molar-refractivity contribution in [1.29, 1.82) is 0 Å². The van der Waals surface area contributed by atoms with Gasteiger partial charge < -0.3 is 4.74 Å². The molecule has 1 heterocycles. The number of sulfonamides is 1. The van der Waals surface area contributed by atoms with Crippen molar-refractivity contribution < 1.29 is 13.2 Å². The van der Waals surface area contributed by atoms with E-state index in [1.54, 1.807) is 16.4 Å². The number of ether oxygens (including phenoxy) is 1. The number of benzene rings is 3. The Bertz CT molecular complexity index is 1060. The van der Waals surface area contributed by atoms with Crippen LogP contribution in [-0.4, -0.2) is 31.9 Å². The van der Waals surface area contributed by atoms with Gasteiger partial charge in [-0.05, 0) is 49.1 Å². The molecule has 0 N–H and O–H groups in total. The van der Waals surface area contributed by atoms with Gasteiger partial charge in [-0.15, -0.1) is 0 Å². The van der Waals surface area contributed by atoms with Crippen LogP contribution in [0, 0.1) is 6.92 Å². The summed E-state index contributed by atoms with van der Waals surface area (Å²) >= 11 is 0. The first-order valence-electron chi connectivity index (χ1n) is 9.87. The van der Waals surface area contributed by atoms with Crippen molar-refractivity contribution in [3.05, 3.63) is 95.6 Å². The molecule has 1 aliphatic rings. The number of aryl methyl sites for hydroxylation is 1. The van der Waals surface area contributed by atoms with Gasteiger partial charge in [-0.25, -0.2) is 8.42 Å². The first kappa shape index (κ1) is 19.7. The zero-order valence-electron chi connectivity index (χ0n) is 16.5. The summed E-state index contributed by atoms with van der Waals surface area (Å²) in [5.74, 6) is 0.845. The second-order valence-corrected chi connectivity index (χ2v) is 9.33. The van der Waals surface area contributed by atoms with E-state index in [9.17, 15) is 8.42 Å². The smallest absolute Gasteiger partial charge is 0.243 e. The molecule has 3 aromatic rings. The Hall–Kier alpha value is -2.63. The van der Waals surface area contributed by atoms with Crippen LogP contribution < -0.4 is 4.74 Å². The van der Waals surface area contributed by atoms with Crippen molar-refractivity contribution in [2.24, 2.45) is 0 Å². The Kier molecular flexibility index (Phi) is 5.69. The van der Waals surface area contributed by atoms with Crippen molar-refractivity contribution in [3.8, 4) is 5.75 Å². The number of hydrogen-bond acceptors (Lipinski definition) is 3.